The molecule has 0 atom stereocenters. The molecule has 0 fully saturated rings. The fourth-order valence-corrected chi connectivity index (χ4v) is 0. The van der Waals surface area contributed by atoms with Crippen LogP contribution in [0.2, 0.25) is 0 Å². The predicted molar refractivity (Wildman–Crippen MR) is 22.8 cm³/mol. The summed E-state index contributed by atoms with van der Waals surface area (Å²) in [7, 11) is 0. The van der Waals surface area contributed by atoms with Gasteiger partial charge in [0.25, 0.3) is 0 Å². The Labute approximate surface area is 55.7 Å². The first-order chi connectivity index (χ1) is 2.91. The van der Waals surface area contributed by atoms with E-state index in [1.807, 2.05) is 0 Å². The van der Waals surface area contributed by atoms with Gasteiger partial charge >= 0.3 is 19.5 Å². The Morgan fingerprint density at radius 1 is 1.71 bits per heavy atom. The third kappa shape index (κ3) is 60.1. The van der Waals surface area contributed by atoms with Crippen molar-refractivity contribution in [2.45, 2.75) is 6.92 Å². The van der Waals surface area contributed by atoms with Gasteiger partial charge in [0.05, 0.1) is 0 Å². The summed E-state index contributed by atoms with van der Waals surface area (Å²) in [6, 6.07) is 0. The minimum absolute atomic E-state index is 0. The molecule has 0 spiro atoms. The van der Waals surface area contributed by atoms with E-state index in [4.69, 9.17) is 5.21 Å². The van der Waals surface area contributed by atoms with Crippen molar-refractivity contribution in [2.24, 2.45) is 5.90 Å². The second-order valence-electron chi connectivity index (χ2n) is 0.201. The van der Waals surface area contributed by atoms with Crippen molar-refractivity contribution in [3.05, 3.63) is 12.1 Å². The van der Waals surface area contributed by atoms with Crippen LogP contribution in [-0.4, -0.2) is 0 Å². The van der Waals surface area contributed by atoms with Gasteiger partial charge in [-0.2, -0.15) is 12.8 Å². The molecule has 46 valence electrons. The van der Waals surface area contributed by atoms with Crippen LogP contribution in [0.5, 0.6) is 0 Å². The van der Waals surface area contributed by atoms with E-state index >= 15 is 0 Å². The summed E-state index contributed by atoms with van der Waals surface area (Å²) in [5.74, 6) is 4.10. The average molecular weight is 193 g/mol. The van der Waals surface area contributed by atoms with Crippen molar-refractivity contribution in [3.8, 4) is 0 Å². The molecule has 0 aliphatic heterocycles. The average Bonchev–Trinajstić information content (AvgIpc) is 1.72. The van der Waals surface area contributed by atoms with Crippen LogP contribution in [0.1, 0.15) is 6.92 Å². The maximum Gasteiger partial charge on any atom is 2.00 e. The third-order valence-corrected chi connectivity index (χ3v) is 0.0481. The molecular formula is C2H8N2O2Ru. The Morgan fingerprint density at radius 2 is 1.86 bits per heavy atom. The zero-order chi connectivity index (χ0) is 5.41. The molecule has 0 aliphatic carbocycles. The first-order valence-corrected chi connectivity index (χ1v) is 1.35. The first kappa shape index (κ1) is 15.7. The second kappa shape index (κ2) is 31.8. The molecule has 0 aromatic heterocycles. The van der Waals surface area contributed by atoms with Crippen molar-refractivity contribution in [1.29, 1.82) is 0 Å². The maximum absolute atomic E-state index is 8.70. The van der Waals surface area contributed by atoms with Gasteiger partial charge in [-0.3, -0.25) is 5.64 Å². The topological polar surface area (TPSA) is 70.3 Å². The van der Waals surface area contributed by atoms with E-state index in [2.05, 4.69) is 17.8 Å². The molecule has 0 saturated carbocycles. The van der Waals surface area contributed by atoms with Gasteiger partial charge < -0.3 is 12.1 Å². The number of nitrogens with two attached hydrogens (primary N) is 1. The Hall–Kier alpha value is 0.463. The molecule has 5 heteroatoms. The van der Waals surface area contributed by atoms with Gasteiger partial charge in [-0.15, -0.1) is 0 Å². The zero-order valence-electron chi connectivity index (χ0n) is 3.95. The van der Waals surface area contributed by atoms with Crippen LogP contribution >= 0.6 is 0 Å². The first-order valence-electron chi connectivity index (χ1n) is 1.35. The largest absolute Gasteiger partial charge is 2.00 e. The minimum atomic E-state index is 0. The summed E-state index contributed by atoms with van der Waals surface area (Å²) >= 11 is 0. The summed E-state index contributed by atoms with van der Waals surface area (Å²) in [5.41, 5.74) is 0.958. The van der Waals surface area contributed by atoms with Crippen molar-refractivity contribution in [2.75, 3.05) is 0 Å². The quantitative estimate of drug-likeness (QED) is 0.341. The number of hydrogen-bond acceptors (Lipinski definition) is 4. The molecule has 0 unspecified atom stereocenters. The van der Waals surface area contributed by atoms with Crippen LogP contribution in [0.4, 0.5) is 0 Å². The van der Waals surface area contributed by atoms with E-state index in [0.717, 1.165) is 5.64 Å². The van der Waals surface area contributed by atoms with E-state index < -0.39 is 0 Å². The summed E-state index contributed by atoms with van der Waals surface area (Å²) in [5, 5.41) is 8.70. The molecule has 0 aliphatic rings. The van der Waals surface area contributed by atoms with E-state index in [9.17, 15) is 0 Å². The van der Waals surface area contributed by atoms with E-state index in [0.29, 0.717) is 0 Å². The van der Waals surface area contributed by atoms with Gasteiger partial charge in [0, 0.05) is 0 Å². The number of rotatable bonds is 1. The normalized spacial score (nSPS) is 5.14. The molecule has 3 N–H and O–H groups in total. The summed E-state index contributed by atoms with van der Waals surface area (Å²) < 4.78 is 0. The molecule has 0 aromatic carbocycles. The van der Waals surface area contributed by atoms with Crippen LogP contribution in [-0.2, 0) is 24.4 Å². The van der Waals surface area contributed by atoms with Crippen molar-refractivity contribution in [1.82, 2.24) is 5.64 Å². The summed E-state index contributed by atoms with van der Waals surface area (Å²) in [6.45, 7) is 5.00. The Morgan fingerprint density at radius 3 is 1.86 bits per heavy atom. The SMILES string of the molecule is NON[O-].[CH2-]C.[Ru+2]. The molecular weight excluding hydrogens is 185 g/mol. The Balaban J connectivity index is -0.0000000480. The molecule has 0 bridgehead atoms. The van der Waals surface area contributed by atoms with Crippen LogP contribution < -0.4 is 11.5 Å². The fraction of sp³-hybridized carbons (Fsp3) is 0.500. The van der Waals surface area contributed by atoms with Crippen molar-refractivity contribution < 1.29 is 24.4 Å². The maximum atomic E-state index is 8.70. The van der Waals surface area contributed by atoms with Crippen LogP contribution in [0.15, 0.2) is 0 Å². The molecule has 4 nitrogen and oxygen atoms in total. The number of hydrogen-bond donors (Lipinski definition) is 2. The molecule has 0 radical (unpaired) electrons. The van der Waals surface area contributed by atoms with Gasteiger partial charge in [0.1, 0.15) is 0 Å². The van der Waals surface area contributed by atoms with Gasteiger partial charge in [0.15, 0.2) is 0 Å². The molecule has 7 heavy (non-hydrogen) atoms. The molecule has 0 aromatic rings. The van der Waals surface area contributed by atoms with Crippen LogP contribution in [0.25, 0.3) is 0 Å². The van der Waals surface area contributed by atoms with E-state index in [1.54, 1.807) is 6.92 Å². The predicted octanol–water partition coefficient (Wildman–Crippen LogP) is -0.283. The van der Waals surface area contributed by atoms with Crippen molar-refractivity contribution >= 4 is 0 Å². The van der Waals surface area contributed by atoms with Gasteiger partial charge in [-0.25, -0.2) is 4.94 Å². The third-order valence-electron chi connectivity index (χ3n) is 0.0481. The van der Waals surface area contributed by atoms with Gasteiger partial charge in [-0.1, -0.05) is 0 Å². The van der Waals surface area contributed by atoms with E-state index in [-0.39, 0.29) is 19.5 Å². The zero-order valence-corrected chi connectivity index (χ0v) is 5.69. The van der Waals surface area contributed by atoms with Crippen molar-refractivity contribution in [3.63, 3.8) is 0 Å². The molecule has 0 heterocycles. The molecule has 0 saturated heterocycles. The summed E-state index contributed by atoms with van der Waals surface area (Å²) in [4.78, 5) is 3.24. The van der Waals surface area contributed by atoms with Gasteiger partial charge in [0.2, 0.25) is 0 Å². The minimum Gasteiger partial charge on any atom is -0.763 e. The standard InChI is InChI=1S/C2H5.H3N2O2.Ru/c1-2;1-4-2-3;/h1H2,2H3;2H,1H2;/q2*-1;+2. The molecule has 0 rings (SSSR count). The smallest absolute Gasteiger partial charge is 0.763 e. The fourth-order valence-electron chi connectivity index (χ4n) is 0. The second-order valence-corrected chi connectivity index (χ2v) is 0.201. The van der Waals surface area contributed by atoms with Gasteiger partial charge in [-0.05, 0) is 0 Å². The summed E-state index contributed by atoms with van der Waals surface area (Å²) in [6.07, 6.45) is 0. The Bertz CT molecular complexity index is 15.7. The molecule has 0 amide bonds. The monoisotopic (exact) mass is 194 g/mol. The Kier molecular flexibility index (Phi) is 71.1. The van der Waals surface area contributed by atoms with Crippen LogP contribution in [0, 0.1) is 12.1 Å². The van der Waals surface area contributed by atoms with Crippen LogP contribution in [0.3, 0.4) is 0 Å². The van der Waals surface area contributed by atoms with E-state index in [1.165, 1.54) is 0 Å². The number of nitrogens with one attached hydrogen (secondary N) is 1.